The lowest BCUT2D eigenvalue weighted by molar-refractivity contribution is -0.382. The Bertz CT molecular complexity index is 2310. The summed E-state index contributed by atoms with van der Waals surface area (Å²) < 4.78 is 11.8. The molecular weight excluding hydrogens is 655 g/mol. The smallest absolute Gasteiger partial charge is 0.334 e. The second-order valence-electron chi connectivity index (χ2n) is 11.7. The number of nitro groups is 1. The van der Waals surface area contributed by atoms with Crippen molar-refractivity contribution in [3.63, 3.8) is 0 Å². The molecule has 4 aromatic carbocycles. The number of nitro benzene ring substituents is 1. The number of nitrogen functional groups attached to an aromatic ring is 3. The maximum absolute atomic E-state index is 13.1. The van der Waals surface area contributed by atoms with Crippen LogP contribution in [-0.2, 0) is 0 Å². The fraction of sp³-hybridized carbons (Fsp3) is 0.167. The van der Waals surface area contributed by atoms with Crippen molar-refractivity contribution in [2.45, 2.75) is 39.5 Å². The monoisotopic (exact) mass is 686 g/mol. The van der Waals surface area contributed by atoms with Crippen LogP contribution in [0.1, 0.15) is 51.1 Å². The first kappa shape index (κ1) is 34.0. The fourth-order valence-electron chi connectivity index (χ4n) is 5.37. The highest BCUT2D eigenvalue weighted by atomic mass is 35.5. The largest absolute Gasteiger partial charge is 0.458 e. The number of halogens is 2. The summed E-state index contributed by atoms with van der Waals surface area (Å²) >= 11 is 11.9. The maximum Gasteiger partial charge on any atom is 0.334 e. The summed E-state index contributed by atoms with van der Waals surface area (Å²) in [5.74, 6) is 0.804. The zero-order valence-corrected chi connectivity index (χ0v) is 28.0. The molecular formula is C36H32Cl2N4O6. The van der Waals surface area contributed by atoms with Crippen LogP contribution in [0.15, 0.2) is 91.2 Å². The molecule has 0 unspecified atom stereocenters. The first-order valence-electron chi connectivity index (χ1n) is 14.9. The highest BCUT2D eigenvalue weighted by molar-refractivity contribution is 6.31. The molecule has 2 aromatic heterocycles. The number of nitrogens with zero attached hydrogens (tertiary/aromatic N) is 1. The molecule has 0 aliphatic heterocycles. The molecule has 2 heterocycles. The summed E-state index contributed by atoms with van der Waals surface area (Å²) in [6.45, 7) is 7.63. The van der Waals surface area contributed by atoms with Crippen molar-refractivity contribution >= 4 is 67.9 Å². The third-order valence-corrected chi connectivity index (χ3v) is 8.25. The van der Waals surface area contributed by atoms with Gasteiger partial charge in [0, 0.05) is 21.9 Å². The molecule has 48 heavy (non-hydrogen) atoms. The first-order valence-corrected chi connectivity index (χ1v) is 15.7. The van der Waals surface area contributed by atoms with Crippen LogP contribution in [-0.4, -0.2) is 4.92 Å². The number of rotatable bonds is 5. The Kier molecular flexibility index (Phi) is 9.52. The zero-order chi connectivity index (χ0) is 35.0. The normalized spacial score (nSPS) is 11.2. The van der Waals surface area contributed by atoms with Crippen LogP contribution in [0.3, 0.4) is 0 Å². The van der Waals surface area contributed by atoms with E-state index >= 15 is 0 Å². The predicted molar refractivity (Wildman–Crippen MR) is 194 cm³/mol. The number of anilines is 3. The van der Waals surface area contributed by atoms with Gasteiger partial charge in [-0.1, -0.05) is 75.2 Å². The Morgan fingerprint density at radius 2 is 1.02 bits per heavy atom. The van der Waals surface area contributed by atoms with E-state index in [1.807, 2.05) is 39.8 Å². The van der Waals surface area contributed by atoms with Crippen LogP contribution in [0, 0.1) is 10.1 Å². The number of fused-ring (bicyclic) bond motifs is 2. The van der Waals surface area contributed by atoms with Gasteiger partial charge in [0.05, 0.1) is 38.2 Å². The molecule has 0 bridgehead atoms. The Morgan fingerprint density at radius 1 is 0.625 bits per heavy atom. The minimum absolute atomic E-state index is 0.0126. The van der Waals surface area contributed by atoms with Crippen molar-refractivity contribution in [2.24, 2.45) is 0 Å². The molecule has 0 saturated heterocycles. The van der Waals surface area contributed by atoms with Gasteiger partial charge in [-0.2, -0.15) is 0 Å². The van der Waals surface area contributed by atoms with E-state index in [-0.39, 0.29) is 45.0 Å². The molecule has 0 fully saturated rings. The van der Waals surface area contributed by atoms with E-state index in [9.17, 15) is 19.7 Å². The third-order valence-electron chi connectivity index (χ3n) is 7.75. The Labute approximate surface area is 284 Å². The predicted octanol–water partition coefficient (Wildman–Crippen LogP) is 9.13. The summed E-state index contributed by atoms with van der Waals surface area (Å²) in [5.41, 5.74) is 19.9. The molecule has 10 nitrogen and oxygen atoms in total. The van der Waals surface area contributed by atoms with E-state index in [2.05, 4.69) is 0 Å². The molecule has 6 N–H and O–H groups in total. The minimum Gasteiger partial charge on any atom is -0.458 e. The van der Waals surface area contributed by atoms with Gasteiger partial charge >= 0.3 is 5.69 Å². The summed E-state index contributed by atoms with van der Waals surface area (Å²) in [4.78, 5) is 36.8. The summed E-state index contributed by atoms with van der Waals surface area (Å²) in [5, 5.41) is 13.1. The lowest BCUT2D eigenvalue weighted by Crippen LogP contribution is -2.11. The van der Waals surface area contributed by atoms with Crippen molar-refractivity contribution in [1.29, 1.82) is 0 Å². The molecule has 0 saturated carbocycles. The molecule has 6 aromatic rings. The van der Waals surface area contributed by atoms with E-state index in [0.717, 1.165) is 5.56 Å². The van der Waals surface area contributed by atoms with E-state index in [1.54, 1.807) is 48.5 Å². The average molecular weight is 688 g/mol. The second-order valence-corrected chi connectivity index (χ2v) is 12.6. The highest BCUT2D eigenvalue weighted by Crippen LogP contribution is 2.37. The van der Waals surface area contributed by atoms with Gasteiger partial charge in [0.2, 0.25) is 16.4 Å². The quantitative estimate of drug-likeness (QED) is 0.0904. The molecule has 0 radical (unpaired) electrons. The molecule has 0 aliphatic rings. The Hall–Kier alpha value is -5.32. The number of nitrogens with two attached hydrogens (primary N) is 3. The standard InChI is InChI=1S/C18H15ClN2O4.C18H17ClN2O2/c1-9(2)17-14(10-3-5-11(19)6-4-10)16(22)12-7-8-13(20)15(21(23)24)18(12)25-17;1-9(2)17-14(10-3-5-11(19)6-4-10)16(22)12-7-8-13(20)15(21)18(12)23-17/h3-9H,20H2,1-2H3;3-9H,20-21H2,1-2H3. The van der Waals surface area contributed by atoms with Gasteiger partial charge in [-0.25, -0.2) is 0 Å². The lowest BCUT2D eigenvalue weighted by atomic mass is 9.96. The number of benzene rings is 4. The zero-order valence-electron chi connectivity index (χ0n) is 26.5. The topological polar surface area (TPSA) is 182 Å². The Morgan fingerprint density at radius 3 is 1.44 bits per heavy atom. The van der Waals surface area contributed by atoms with Crippen LogP contribution in [0.25, 0.3) is 44.2 Å². The molecule has 12 heteroatoms. The van der Waals surface area contributed by atoms with Crippen LogP contribution in [0.2, 0.25) is 10.0 Å². The molecule has 0 atom stereocenters. The highest BCUT2D eigenvalue weighted by Gasteiger charge is 2.26. The van der Waals surface area contributed by atoms with Gasteiger partial charge < -0.3 is 26.0 Å². The van der Waals surface area contributed by atoms with Gasteiger partial charge in [-0.05, 0) is 59.7 Å². The van der Waals surface area contributed by atoms with Gasteiger partial charge in [0.1, 0.15) is 17.2 Å². The summed E-state index contributed by atoms with van der Waals surface area (Å²) in [6, 6.07) is 20.0. The molecule has 246 valence electrons. The molecule has 0 spiro atoms. The Balaban J connectivity index is 0.000000188. The lowest BCUT2D eigenvalue weighted by Gasteiger charge is -2.14. The number of hydrogen-bond donors (Lipinski definition) is 3. The van der Waals surface area contributed by atoms with Crippen molar-refractivity contribution in [2.75, 3.05) is 17.2 Å². The minimum atomic E-state index is -0.632. The van der Waals surface area contributed by atoms with E-state index in [1.165, 1.54) is 12.1 Å². The van der Waals surface area contributed by atoms with Gasteiger partial charge in [-0.3, -0.25) is 19.7 Å². The average Bonchev–Trinajstić information content (AvgIpc) is 3.03. The van der Waals surface area contributed by atoms with Gasteiger partial charge in [-0.15, -0.1) is 0 Å². The summed E-state index contributed by atoms with van der Waals surface area (Å²) in [6.07, 6.45) is 0. The van der Waals surface area contributed by atoms with Crippen molar-refractivity contribution in [1.82, 2.24) is 0 Å². The molecule has 6 rings (SSSR count). The third kappa shape index (κ3) is 6.32. The maximum atomic E-state index is 13.1. The first-order chi connectivity index (χ1) is 22.7. The van der Waals surface area contributed by atoms with Crippen molar-refractivity contribution in [3.8, 4) is 22.3 Å². The van der Waals surface area contributed by atoms with Crippen LogP contribution in [0.5, 0.6) is 0 Å². The van der Waals surface area contributed by atoms with Gasteiger partial charge in [0.25, 0.3) is 0 Å². The molecule has 0 amide bonds. The van der Waals surface area contributed by atoms with E-state index in [4.69, 9.17) is 49.2 Å². The van der Waals surface area contributed by atoms with Crippen molar-refractivity contribution in [3.05, 3.63) is 125 Å². The van der Waals surface area contributed by atoms with Crippen LogP contribution < -0.4 is 28.1 Å². The van der Waals surface area contributed by atoms with E-state index < -0.39 is 4.92 Å². The number of hydrogen-bond acceptors (Lipinski definition) is 9. The van der Waals surface area contributed by atoms with Gasteiger partial charge in [0.15, 0.2) is 5.58 Å². The molecule has 0 aliphatic carbocycles. The fourth-order valence-corrected chi connectivity index (χ4v) is 5.62. The van der Waals surface area contributed by atoms with E-state index in [0.29, 0.717) is 60.6 Å². The second kappa shape index (κ2) is 13.4. The van der Waals surface area contributed by atoms with Crippen molar-refractivity contribution < 1.29 is 13.8 Å². The SMILES string of the molecule is CC(C)c1oc2c(N)c(N)ccc2c(=O)c1-c1ccc(Cl)cc1.CC(C)c1oc2c([N+](=O)[O-])c(N)ccc2c(=O)c1-c1ccc(Cl)cc1. The summed E-state index contributed by atoms with van der Waals surface area (Å²) in [7, 11) is 0. The van der Waals surface area contributed by atoms with Crippen LogP contribution in [0.4, 0.5) is 22.7 Å². The van der Waals surface area contributed by atoms with Crippen LogP contribution >= 0.6 is 23.2 Å².